The minimum atomic E-state index is -0.715. The average Bonchev–Trinajstić information content (AvgIpc) is 2.99. The summed E-state index contributed by atoms with van der Waals surface area (Å²) in [6.45, 7) is 3.82. The van der Waals surface area contributed by atoms with E-state index in [0.717, 1.165) is 31.0 Å². The molecule has 1 aromatic carbocycles. The monoisotopic (exact) mass is 239 g/mol. The Kier molecular flexibility index (Phi) is 3.13. The lowest BCUT2D eigenvalue weighted by molar-refractivity contribution is 0.0689. The van der Waals surface area contributed by atoms with Crippen molar-refractivity contribution >= 4 is 5.91 Å². The van der Waals surface area contributed by atoms with Gasteiger partial charge in [-0.3, -0.25) is 4.79 Å². The molecule has 0 radical (unpaired) electrons. The van der Waals surface area contributed by atoms with Crippen LogP contribution in [0.1, 0.15) is 37.0 Å². The second kappa shape index (κ2) is 4.43. The van der Waals surface area contributed by atoms with Crippen molar-refractivity contribution in [1.29, 1.82) is 0 Å². The van der Waals surface area contributed by atoms with Gasteiger partial charge in [-0.1, -0.05) is 0 Å². The SMILES string of the molecule is CC(C)N(C(=O)c1cc(F)cc(F)c1)C1CC1. The standard InChI is InChI=1S/C13H15F2NO/c1-8(2)16(12-3-4-12)13(17)9-5-10(14)7-11(15)6-9/h5-8,12H,3-4H2,1-2H3. The average molecular weight is 239 g/mol. The van der Waals surface area contributed by atoms with Crippen LogP contribution in [0.5, 0.6) is 0 Å². The molecule has 0 unspecified atom stereocenters. The number of rotatable bonds is 3. The van der Waals surface area contributed by atoms with Gasteiger partial charge in [-0.25, -0.2) is 8.78 Å². The van der Waals surface area contributed by atoms with E-state index in [-0.39, 0.29) is 23.6 Å². The van der Waals surface area contributed by atoms with Gasteiger partial charge in [0.05, 0.1) is 0 Å². The van der Waals surface area contributed by atoms with Gasteiger partial charge in [-0.2, -0.15) is 0 Å². The van der Waals surface area contributed by atoms with Gasteiger partial charge >= 0.3 is 0 Å². The van der Waals surface area contributed by atoms with Crippen LogP contribution in [0, 0.1) is 11.6 Å². The third-order valence-electron chi connectivity index (χ3n) is 2.84. The lowest BCUT2D eigenvalue weighted by atomic mass is 10.1. The molecule has 2 nitrogen and oxygen atoms in total. The van der Waals surface area contributed by atoms with Crippen molar-refractivity contribution in [2.75, 3.05) is 0 Å². The first kappa shape index (κ1) is 12.0. The highest BCUT2D eigenvalue weighted by Crippen LogP contribution is 2.30. The molecule has 4 heteroatoms. The van der Waals surface area contributed by atoms with Crippen LogP contribution < -0.4 is 0 Å². The fraction of sp³-hybridized carbons (Fsp3) is 0.462. The van der Waals surface area contributed by atoms with Crippen molar-refractivity contribution in [3.8, 4) is 0 Å². The van der Waals surface area contributed by atoms with E-state index in [1.165, 1.54) is 0 Å². The first-order valence-electron chi connectivity index (χ1n) is 5.78. The summed E-state index contributed by atoms with van der Waals surface area (Å²) < 4.78 is 26.1. The van der Waals surface area contributed by atoms with Gasteiger partial charge in [0, 0.05) is 23.7 Å². The van der Waals surface area contributed by atoms with Crippen LogP contribution in [-0.4, -0.2) is 22.9 Å². The predicted octanol–water partition coefficient (Wildman–Crippen LogP) is 2.98. The van der Waals surface area contributed by atoms with Crippen LogP contribution in [0.4, 0.5) is 8.78 Å². The van der Waals surface area contributed by atoms with E-state index in [4.69, 9.17) is 0 Å². The van der Waals surface area contributed by atoms with Crippen LogP contribution in [-0.2, 0) is 0 Å². The smallest absolute Gasteiger partial charge is 0.254 e. The summed E-state index contributed by atoms with van der Waals surface area (Å²) in [5.74, 6) is -1.72. The topological polar surface area (TPSA) is 20.3 Å². The molecule has 0 aromatic heterocycles. The summed E-state index contributed by atoms with van der Waals surface area (Å²) >= 11 is 0. The summed E-state index contributed by atoms with van der Waals surface area (Å²) in [4.78, 5) is 13.9. The minimum absolute atomic E-state index is 0.0429. The Morgan fingerprint density at radius 3 is 2.18 bits per heavy atom. The molecule has 1 aliphatic rings. The number of hydrogen-bond donors (Lipinski definition) is 0. The Hall–Kier alpha value is -1.45. The molecule has 0 spiro atoms. The number of hydrogen-bond acceptors (Lipinski definition) is 1. The van der Waals surface area contributed by atoms with E-state index in [1.54, 1.807) is 4.90 Å². The molecule has 1 aliphatic carbocycles. The highest BCUT2D eigenvalue weighted by Gasteiger charge is 2.34. The van der Waals surface area contributed by atoms with Crippen LogP contribution >= 0.6 is 0 Å². The summed E-state index contributed by atoms with van der Waals surface area (Å²) in [6, 6.07) is 3.22. The van der Waals surface area contributed by atoms with E-state index in [0.29, 0.717) is 0 Å². The predicted molar refractivity (Wildman–Crippen MR) is 60.7 cm³/mol. The van der Waals surface area contributed by atoms with Crippen molar-refractivity contribution < 1.29 is 13.6 Å². The van der Waals surface area contributed by atoms with Crippen molar-refractivity contribution in [2.24, 2.45) is 0 Å². The van der Waals surface area contributed by atoms with Crippen molar-refractivity contribution in [3.63, 3.8) is 0 Å². The van der Waals surface area contributed by atoms with Gasteiger partial charge in [0.25, 0.3) is 5.91 Å². The molecule has 2 rings (SSSR count). The summed E-state index contributed by atoms with van der Waals surface area (Å²) in [5.41, 5.74) is 0.0862. The van der Waals surface area contributed by atoms with E-state index in [2.05, 4.69) is 0 Å². The largest absolute Gasteiger partial charge is 0.333 e. The van der Waals surface area contributed by atoms with Gasteiger partial charge in [0.1, 0.15) is 11.6 Å². The molecule has 0 saturated heterocycles. The highest BCUT2D eigenvalue weighted by molar-refractivity contribution is 5.94. The molecular weight excluding hydrogens is 224 g/mol. The van der Waals surface area contributed by atoms with Crippen LogP contribution in [0.3, 0.4) is 0 Å². The van der Waals surface area contributed by atoms with Crippen LogP contribution in [0.25, 0.3) is 0 Å². The maximum absolute atomic E-state index is 13.1. The molecule has 0 N–H and O–H groups in total. The fourth-order valence-corrected chi connectivity index (χ4v) is 2.00. The fourth-order valence-electron chi connectivity index (χ4n) is 2.00. The Balaban J connectivity index is 2.28. The summed E-state index contributed by atoms with van der Waals surface area (Å²) in [5, 5.41) is 0. The van der Waals surface area contributed by atoms with E-state index in [9.17, 15) is 13.6 Å². The molecular formula is C13H15F2NO. The number of benzene rings is 1. The van der Waals surface area contributed by atoms with Gasteiger partial charge in [0.2, 0.25) is 0 Å². The Bertz CT molecular complexity index is 419. The first-order valence-corrected chi connectivity index (χ1v) is 5.78. The molecule has 92 valence electrons. The summed E-state index contributed by atoms with van der Waals surface area (Å²) in [6.07, 6.45) is 1.95. The van der Waals surface area contributed by atoms with E-state index in [1.807, 2.05) is 13.8 Å². The van der Waals surface area contributed by atoms with E-state index >= 15 is 0 Å². The molecule has 17 heavy (non-hydrogen) atoms. The number of carbonyl (C=O) groups excluding carboxylic acids is 1. The Morgan fingerprint density at radius 2 is 1.76 bits per heavy atom. The number of nitrogens with zero attached hydrogens (tertiary/aromatic N) is 1. The molecule has 0 aliphatic heterocycles. The molecule has 1 saturated carbocycles. The van der Waals surface area contributed by atoms with E-state index < -0.39 is 11.6 Å². The number of halogens is 2. The molecule has 1 fully saturated rings. The second-order valence-electron chi connectivity index (χ2n) is 4.70. The number of amides is 1. The first-order chi connectivity index (χ1) is 7.99. The zero-order valence-electron chi connectivity index (χ0n) is 9.91. The zero-order valence-corrected chi connectivity index (χ0v) is 9.91. The quantitative estimate of drug-likeness (QED) is 0.794. The summed E-state index contributed by atoms with van der Waals surface area (Å²) in [7, 11) is 0. The normalized spacial score (nSPS) is 15.1. The van der Waals surface area contributed by atoms with Gasteiger partial charge in [-0.15, -0.1) is 0 Å². The molecule has 1 amide bonds. The van der Waals surface area contributed by atoms with Crippen LogP contribution in [0.15, 0.2) is 18.2 Å². The van der Waals surface area contributed by atoms with Gasteiger partial charge in [-0.05, 0) is 38.8 Å². The van der Waals surface area contributed by atoms with Crippen LogP contribution in [0.2, 0.25) is 0 Å². The molecule has 0 bridgehead atoms. The third kappa shape index (κ3) is 2.62. The van der Waals surface area contributed by atoms with Gasteiger partial charge < -0.3 is 4.90 Å². The second-order valence-corrected chi connectivity index (χ2v) is 4.70. The highest BCUT2D eigenvalue weighted by atomic mass is 19.1. The van der Waals surface area contributed by atoms with Crippen molar-refractivity contribution in [1.82, 2.24) is 4.90 Å². The lowest BCUT2D eigenvalue weighted by Gasteiger charge is -2.26. The lowest BCUT2D eigenvalue weighted by Crippen LogP contribution is -2.38. The maximum Gasteiger partial charge on any atom is 0.254 e. The third-order valence-corrected chi connectivity index (χ3v) is 2.84. The maximum atomic E-state index is 13.1. The minimum Gasteiger partial charge on any atom is -0.333 e. The molecule has 0 heterocycles. The van der Waals surface area contributed by atoms with Crippen molar-refractivity contribution in [3.05, 3.63) is 35.4 Å². The Morgan fingerprint density at radius 1 is 1.24 bits per heavy atom. The zero-order chi connectivity index (χ0) is 12.6. The molecule has 0 atom stereocenters. The van der Waals surface area contributed by atoms with Gasteiger partial charge in [0.15, 0.2) is 0 Å². The Labute approximate surface area is 99.2 Å². The number of carbonyl (C=O) groups is 1. The molecule has 1 aromatic rings. The van der Waals surface area contributed by atoms with Crippen molar-refractivity contribution in [2.45, 2.75) is 38.8 Å².